The van der Waals surface area contributed by atoms with Gasteiger partial charge in [0, 0.05) is 22.6 Å². The van der Waals surface area contributed by atoms with Crippen molar-refractivity contribution in [1.82, 2.24) is 9.55 Å². The topological polar surface area (TPSA) is 80.9 Å². The minimum atomic E-state index is -0.306. The summed E-state index contributed by atoms with van der Waals surface area (Å²) in [5, 5.41) is 7.88. The van der Waals surface area contributed by atoms with E-state index < -0.39 is 0 Å². The number of hydrogen-bond acceptors (Lipinski definition) is 4. The Morgan fingerprint density at radius 1 is 1.28 bits per heavy atom. The van der Waals surface area contributed by atoms with Crippen LogP contribution >= 0.6 is 11.6 Å². The summed E-state index contributed by atoms with van der Waals surface area (Å²) in [6, 6.07) is 9.92. The Morgan fingerprint density at radius 2 is 2.16 bits per heavy atom. The van der Waals surface area contributed by atoms with Crippen LogP contribution in [0.5, 0.6) is 0 Å². The van der Waals surface area contributed by atoms with Crippen molar-refractivity contribution in [2.45, 2.75) is 18.5 Å². The summed E-state index contributed by atoms with van der Waals surface area (Å²) in [6.07, 6.45) is 0.613. The summed E-state index contributed by atoms with van der Waals surface area (Å²) >= 11 is 6.16. The monoisotopic (exact) mass is 354 g/mol. The van der Waals surface area contributed by atoms with Crippen molar-refractivity contribution < 1.29 is 4.39 Å². The Morgan fingerprint density at radius 3 is 3.00 bits per heavy atom. The van der Waals surface area contributed by atoms with Gasteiger partial charge in [0.05, 0.1) is 17.1 Å². The van der Waals surface area contributed by atoms with Crippen molar-refractivity contribution in [3.05, 3.63) is 64.2 Å². The molecule has 0 saturated carbocycles. The smallest absolute Gasteiger partial charge is 0.180 e. The van der Waals surface area contributed by atoms with E-state index in [9.17, 15) is 4.39 Å². The first-order chi connectivity index (χ1) is 12.2. The number of rotatable bonds is 0. The quantitative estimate of drug-likeness (QED) is 0.377. The SMILES string of the molecule is NN=NC1=N[C@H]2C[C@@H](c3c(F)cccc31)n1c2nc2ccc(Cl)cc21. The molecule has 6 nitrogen and oxygen atoms in total. The van der Waals surface area contributed by atoms with E-state index in [0.717, 1.165) is 16.9 Å². The van der Waals surface area contributed by atoms with E-state index in [0.29, 0.717) is 28.4 Å². The molecule has 2 bridgehead atoms. The van der Waals surface area contributed by atoms with Crippen LogP contribution in [-0.4, -0.2) is 15.4 Å². The Balaban J connectivity index is 1.87. The second-order valence-electron chi connectivity index (χ2n) is 6.11. The lowest BCUT2D eigenvalue weighted by molar-refractivity contribution is 0.544. The Kier molecular flexibility index (Phi) is 2.96. The summed E-state index contributed by atoms with van der Waals surface area (Å²) < 4.78 is 16.8. The molecule has 0 amide bonds. The number of aliphatic imine (C=N–C) groups is 1. The van der Waals surface area contributed by atoms with Gasteiger partial charge in [-0.15, -0.1) is 5.11 Å². The molecule has 0 spiro atoms. The number of nitrogens with two attached hydrogens (primary N) is 1. The van der Waals surface area contributed by atoms with E-state index in [-0.39, 0.29) is 17.9 Å². The van der Waals surface area contributed by atoms with Gasteiger partial charge in [0.25, 0.3) is 0 Å². The maximum Gasteiger partial charge on any atom is 0.180 e. The maximum absolute atomic E-state index is 14.8. The highest BCUT2D eigenvalue weighted by Crippen LogP contribution is 2.47. The Bertz CT molecular complexity index is 1090. The van der Waals surface area contributed by atoms with Crippen LogP contribution in [0.1, 0.15) is 35.5 Å². The highest BCUT2D eigenvalue weighted by molar-refractivity contribution is 6.31. The molecule has 0 fully saturated rings. The van der Waals surface area contributed by atoms with Gasteiger partial charge in [-0.2, -0.15) is 0 Å². The third-order valence-electron chi connectivity index (χ3n) is 4.79. The molecule has 1 aromatic heterocycles. The van der Waals surface area contributed by atoms with Gasteiger partial charge in [-0.1, -0.05) is 29.0 Å². The molecule has 124 valence electrons. The molecule has 2 aliphatic rings. The molecule has 8 heteroatoms. The zero-order chi connectivity index (χ0) is 17.1. The van der Waals surface area contributed by atoms with Crippen LogP contribution in [0.2, 0.25) is 5.02 Å². The van der Waals surface area contributed by atoms with Gasteiger partial charge in [-0.3, -0.25) is 4.99 Å². The second kappa shape index (κ2) is 5.10. The van der Waals surface area contributed by atoms with E-state index in [1.165, 1.54) is 6.07 Å². The largest absolute Gasteiger partial charge is 0.318 e. The third kappa shape index (κ3) is 1.96. The average Bonchev–Trinajstić information content (AvgIpc) is 3.06. The maximum atomic E-state index is 14.8. The van der Waals surface area contributed by atoms with Gasteiger partial charge >= 0.3 is 0 Å². The number of halogens is 2. The summed E-state index contributed by atoms with van der Waals surface area (Å²) in [6.45, 7) is 0. The Hall–Kier alpha value is -2.80. The molecule has 0 unspecified atom stereocenters. The van der Waals surface area contributed by atoms with Gasteiger partial charge in [-0.25, -0.2) is 9.37 Å². The van der Waals surface area contributed by atoms with E-state index in [1.807, 2.05) is 16.7 Å². The number of aromatic nitrogens is 2. The molecule has 25 heavy (non-hydrogen) atoms. The molecular weight excluding hydrogens is 343 g/mol. The number of nitrogens with zero attached hydrogens (tertiary/aromatic N) is 5. The van der Waals surface area contributed by atoms with Gasteiger partial charge in [0.15, 0.2) is 5.84 Å². The van der Waals surface area contributed by atoms with Crippen LogP contribution in [0.25, 0.3) is 11.0 Å². The summed E-state index contributed by atoms with van der Waals surface area (Å²) in [5.74, 6) is 6.03. The normalized spacial score (nSPS) is 21.3. The first-order valence-electron chi connectivity index (χ1n) is 7.82. The molecule has 2 aromatic carbocycles. The average molecular weight is 355 g/mol. The van der Waals surface area contributed by atoms with Crippen molar-refractivity contribution in [3.63, 3.8) is 0 Å². The van der Waals surface area contributed by atoms with Crippen LogP contribution in [0, 0.1) is 5.82 Å². The van der Waals surface area contributed by atoms with Crippen molar-refractivity contribution in [2.24, 2.45) is 21.2 Å². The number of hydrogen-bond donors (Lipinski definition) is 1. The number of amidine groups is 1. The molecule has 0 aliphatic carbocycles. The first kappa shape index (κ1) is 14.5. The molecule has 3 heterocycles. The van der Waals surface area contributed by atoms with E-state index in [4.69, 9.17) is 17.4 Å². The van der Waals surface area contributed by atoms with Crippen LogP contribution in [0.4, 0.5) is 4.39 Å². The molecule has 2 aliphatic heterocycles. The van der Waals surface area contributed by atoms with E-state index >= 15 is 0 Å². The van der Waals surface area contributed by atoms with Crippen molar-refractivity contribution >= 4 is 28.5 Å². The zero-order valence-electron chi connectivity index (χ0n) is 12.9. The van der Waals surface area contributed by atoms with E-state index in [2.05, 4.69) is 20.3 Å². The number of fused-ring (bicyclic) bond motifs is 9. The van der Waals surface area contributed by atoms with Gasteiger partial charge in [0.2, 0.25) is 0 Å². The van der Waals surface area contributed by atoms with Crippen LogP contribution in [0.15, 0.2) is 51.7 Å². The lowest BCUT2D eigenvalue weighted by Gasteiger charge is -2.18. The van der Waals surface area contributed by atoms with Gasteiger partial charge < -0.3 is 10.4 Å². The van der Waals surface area contributed by atoms with Crippen molar-refractivity contribution in [1.29, 1.82) is 0 Å². The highest BCUT2D eigenvalue weighted by Gasteiger charge is 2.40. The lowest BCUT2D eigenvalue weighted by atomic mass is 9.97. The highest BCUT2D eigenvalue weighted by atomic mass is 35.5. The van der Waals surface area contributed by atoms with E-state index in [1.54, 1.807) is 18.2 Å². The summed E-state index contributed by atoms with van der Waals surface area (Å²) in [7, 11) is 0. The summed E-state index contributed by atoms with van der Waals surface area (Å²) in [5.41, 5.74) is 2.83. The minimum absolute atomic E-state index is 0.228. The molecular formula is C17H12ClFN6. The Labute approximate surface area is 146 Å². The fourth-order valence-corrected chi connectivity index (χ4v) is 4.02. The summed E-state index contributed by atoms with van der Waals surface area (Å²) in [4.78, 5) is 9.35. The van der Waals surface area contributed by atoms with Crippen molar-refractivity contribution in [3.8, 4) is 0 Å². The molecule has 2 N–H and O–H groups in total. The molecule has 5 rings (SSSR count). The molecule has 0 radical (unpaired) electrons. The fraction of sp³-hybridized carbons (Fsp3) is 0.176. The van der Waals surface area contributed by atoms with Crippen molar-refractivity contribution in [2.75, 3.05) is 0 Å². The van der Waals surface area contributed by atoms with Crippen LogP contribution in [-0.2, 0) is 0 Å². The van der Waals surface area contributed by atoms with Gasteiger partial charge in [-0.05, 0) is 24.3 Å². The third-order valence-corrected chi connectivity index (χ3v) is 5.03. The fourth-order valence-electron chi connectivity index (χ4n) is 3.85. The van der Waals surface area contributed by atoms with Gasteiger partial charge in [0.1, 0.15) is 17.7 Å². The standard InChI is InChI=1S/C17H12ClFN6/c18-8-4-5-11-13(6-8)25-14-7-12(17(25)22-11)21-16(23-24-20)9-2-1-3-10(19)15(9)14/h1-6,12,14H,7H2,(H2,20,21,23)/t12-,14-/m0/s1. The molecule has 0 saturated heterocycles. The first-order valence-corrected chi connectivity index (χ1v) is 8.20. The minimum Gasteiger partial charge on any atom is -0.318 e. The zero-order valence-corrected chi connectivity index (χ0v) is 13.7. The van der Waals surface area contributed by atoms with Crippen LogP contribution < -0.4 is 5.84 Å². The molecule has 3 aromatic rings. The number of benzene rings is 2. The predicted molar refractivity (Wildman–Crippen MR) is 92.2 cm³/mol. The molecule has 2 atom stereocenters. The second-order valence-corrected chi connectivity index (χ2v) is 6.55. The predicted octanol–water partition coefficient (Wildman–Crippen LogP) is 3.95. The number of imidazole rings is 1. The van der Waals surface area contributed by atoms with Crippen LogP contribution in [0.3, 0.4) is 0 Å². The lowest BCUT2D eigenvalue weighted by Crippen LogP contribution is -2.13.